The third-order valence-corrected chi connectivity index (χ3v) is 6.60. The molecule has 0 saturated carbocycles. The Balaban J connectivity index is 2.01. The minimum Gasteiger partial charge on any atom is -0.465 e. The minimum absolute atomic E-state index is 0.00943. The van der Waals surface area contributed by atoms with Gasteiger partial charge in [-0.05, 0) is 49.7 Å². The molecule has 1 heterocycles. The number of fused-ring (bicyclic) bond motifs is 1. The molecular formula is C18H18N2O5S2. The molecule has 0 spiro atoms. The predicted molar refractivity (Wildman–Crippen MR) is 105 cm³/mol. The number of thiazole rings is 1. The van der Waals surface area contributed by atoms with Crippen LogP contribution in [0.5, 0.6) is 0 Å². The Morgan fingerprint density at radius 1 is 1.22 bits per heavy atom. The molecule has 0 radical (unpaired) electrons. The molecule has 1 N–H and O–H groups in total. The number of nitrogens with one attached hydrogen (secondary N) is 1. The Bertz CT molecular complexity index is 1190. The van der Waals surface area contributed by atoms with E-state index in [1.54, 1.807) is 35.8 Å². The first kappa shape index (κ1) is 19.1. The molecule has 0 fully saturated rings. The van der Waals surface area contributed by atoms with Crippen LogP contribution < -0.4 is 9.60 Å². The number of aryl methyl sites for hydroxylation is 2. The van der Waals surface area contributed by atoms with Gasteiger partial charge in [0.2, 0.25) is 0 Å². The number of hydrogen-bond donors (Lipinski definition) is 1. The van der Waals surface area contributed by atoms with Crippen LogP contribution in [-0.2, 0) is 21.3 Å². The summed E-state index contributed by atoms with van der Waals surface area (Å²) in [4.78, 5) is 23.6. The number of anilines is 1. The van der Waals surface area contributed by atoms with E-state index < -0.39 is 16.0 Å². The summed E-state index contributed by atoms with van der Waals surface area (Å²) in [6.07, 6.45) is 0. The molecule has 0 amide bonds. The minimum atomic E-state index is -3.92. The maximum atomic E-state index is 12.8. The van der Waals surface area contributed by atoms with Gasteiger partial charge in [-0.2, -0.15) is 0 Å². The second-order valence-corrected chi connectivity index (χ2v) is 8.52. The van der Waals surface area contributed by atoms with Crippen molar-refractivity contribution in [2.24, 2.45) is 0 Å². The third-order valence-electron chi connectivity index (χ3n) is 4.14. The molecule has 0 bridgehead atoms. The molecule has 9 heteroatoms. The molecular weight excluding hydrogens is 388 g/mol. The third kappa shape index (κ3) is 3.60. The molecule has 0 atom stereocenters. The number of ether oxygens (including phenoxy) is 1. The van der Waals surface area contributed by atoms with Crippen LogP contribution >= 0.6 is 11.3 Å². The Hall–Kier alpha value is -2.65. The standard InChI is InChI=1S/C18H18N2O5S2/c1-4-20-14-8-7-13(10-15(14)26-18(20)22)19-27(23,24)16-9-12(17(21)25-3)6-5-11(16)2/h5-10,19H,4H2,1-3H3. The van der Waals surface area contributed by atoms with E-state index in [1.165, 1.54) is 19.2 Å². The molecule has 3 aromatic rings. The van der Waals surface area contributed by atoms with E-state index in [0.717, 1.165) is 16.9 Å². The van der Waals surface area contributed by atoms with Crippen LogP contribution in [0.2, 0.25) is 0 Å². The van der Waals surface area contributed by atoms with Crippen molar-refractivity contribution in [2.75, 3.05) is 11.8 Å². The molecule has 0 aliphatic heterocycles. The van der Waals surface area contributed by atoms with Gasteiger partial charge < -0.3 is 4.74 Å². The van der Waals surface area contributed by atoms with E-state index in [9.17, 15) is 18.0 Å². The van der Waals surface area contributed by atoms with Gasteiger partial charge in [-0.25, -0.2) is 13.2 Å². The normalized spacial score (nSPS) is 11.5. The lowest BCUT2D eigenvalue weighted by molar-refractivity contribution is 0.0600. The highest BCUT2D eigenvalue weighted by atomic mass is 32.2. The zero-order chi connectivity index (χ0) is 19.8. The Morgan fingerprint density at radius 3 is 2.63 bits per heavy atom. The molecule has 2 aromatic carbocycles. The summed E-state index contributed by atoms with van der Waals surface area (Å²) in [6, 6.07) is 9.30. The summed E-state index contributed by atoms with van der Waals surface area (Å²) in [6.45, 7) is 4.07. The van der Waals surface area contributed by atoms with Gasteiger partial charge in [0, 0.05) is 6.54 Å². The van der Waals surface area contributed by atoms with E-state index in [2.05, 4.69) is 9.46 Å². The maximum absolute atomic E-state index is 12.8. The number of carbonyl (C=O) groups is 1. The van der Waals surface area contributed by atoms with Gasteiger partial charge in [0.15, 0.2) is 0 Å². The molecule has 0 unspecified atom stereocenters. The van der Waals surface area contributed by atoms with Crippen molar-refractivity contribution in [3.63, 3.8) is 0 Å². The number of sulfonamides is 1. The average Bonchev–Trinajstić information content (AvgIpc) is 2.95. The lowest BCUT2D eigenvalue weighted by Crippen LogP contribution is -2.15. The zero-order valence-corrected chi connectivity index (χ0v) is 16.6. The molecule has 1 aromatic heterocycles. The molecule has 0 aliphatic rings. The van der Waals surface area contributed by atoms with E-state index in [0.29, 0.717) is 22.5 Å². The number of nitrogens with zero attached hydrogens (tertiary/aromatic N) is 1. The van der Waals surface area contributed by atoms with E-state index in [1.807, 2.05) is 6.92 Å². The lowest BCUT2D eigenvalue weighted by Gasteiger charge is -2.12. The second kappa shape index (κ2) is 7.16. The summed E-state index contributed by atoms with van der Waals surface area (Å²) in [5.41, 5.74) is 1.75. The van der Waals surface area contributed by atoms with Crippen molar-refractivity contribution < 1.29 is 17.9 Å². The number of aromatic nitrogens is 1. The summed E-state index contributed by atoms with van der Waals surface area (Å²) in [7, 11) is -2.69. The molecule has 0 aliphatic carbocycles. The Morgan fingerprint density at radius 2 is 1.96 bits per heavy atom. The highest BCUT2D eigenvalue weighted by Gasteiger charge is 2.20. The largest absolute Gasteiger partial charge is 0.465 e. The van der Waals surface area contributed by atoms with Gasteiger partial charge in [-0.1, -0.05) is 17.4 Å². The number of methoxy groups -OCH3 is 1. The summed E-state index contributed by atoms with van der Waals surface area (Å²) < 4.78 is 35.1. The molecule has 0 saturated heterocycles. The zero-order valence-electron chi connectivity index (χ0n) is 15.0. The van der Waals surface area contributed by atoms with Crippen molar-refractivity contribution in [2.45, 2.75) is 25.3 Å². The summed E-state index contributed by atoms with van der Waals surface area (Å²) in [5, 5.41) is 0. The number of rotatable bonds is 5. The van der Waals surface area contributed by atoms with Crippen LogP contribution in [0.4, 0.5) is 5.69 Å². The first-order valence-electron chi connectivity index (χ1n) is 8.12. The Labute approximate surface area is 160 Å². The van der Waals surface area contributed by atoms with Crippen molar-refractivity contribution in [3.8, 4) is 0 Å². The van der Waals surface area contributed by atoms with Crippen LogP contribution in [0.15, 0.2) is 46.1 Å². The van der Waals surface area contributed by atoms with Crippen LogP contribution in [0.3, 0.4) is 0 Å². The fourth-order valence-corrected chi connectivity index (χ4v) is 5.09. The van der Waals surface area contributed by atoms with Gasteiger partial charge >= 0.3 is 10.8 Å². The molecule has 3 rings (SSSR count). The maximum Gasteiger partial charge on any atom is 0.337 e. The van der Waals surface area contributed by atoms with Crippen molar-refractivity contribution in [3.05, 3.63) is 57.2 Å². The van der Waals surface area contributed by atoms with Crippen LogP contribution in [0, 0.1) is 6.92 Å². The molecule has 142 valence electrons. The van der Waals surface area contributed by atoms with Gasteiger partial charge in [0.1, 0.15) is 0 Å². The Kier molecular flexibility index (Phi) is 5.07. The van der Waals surface area contributed by atoms with Crippen molar-refractivity contribution in [1.29, 1.82) is 0 Å². The quantitative estimate of drug-likeness (QED) is 0.658. The molecule has 7 nitrogen and oxygen atoms in total. The summed E-state index contributed by atoms with van der Waals surface area (Å²) >= 11 is 1.06. The van der Waals surface area contributed by atoms with Crippen LogP contribution in [0.1, 0.15) is 22.8 Å². The van der Waals surface area contributed by atoms with E-state index in [-0.39, 0.29) is 15.3 Å². The number of esters is 1. The number of benzene rings is 2. The first-order chi connectivity index (χ1) is 12.8. The van der Waals surface area contributed by atoms with Crippen molar-refractivity contribution in [1.82, 2.24) is 4.57 Å². The first-order valence-corrected chi connectivity index (χ1v) is 10.4. The highest BCUT2D eigenvalue weighted by molar-refractivity contribution is 7.92. The predicted octanol–water partition coefficient (Wildman–Crippen LogP) is 2.98. The fourth-order valence-electron chi connectivity index (χ4n) is 2.77. The van der Waals surface area contributed by atoms with Gasteiger partial charge in [0.05, 0.1) is 33.5 Å². The number of carbonyl (C=O) groups excluding carboxylic acids is 1. The van der Waals surface area contributed by atoms with Gasteiger partial charge in [-0.15, -0.1) is 0 Å². The monoisotopic (exact) mass is 406 g/mol. The molecule has 27 heavy (non-hydrogen) atoms. The lowest BCUT2D eigenvalue weighted by atomic mass is 10.1. The summed E-state index contributed by atoms with van der Waals surface area (Å²) in [5.74, 6) is -0.612. The fraction of sp³-hybridized carbons (Fsp3) is 0.222. The van der Waals surface area contributed by atoms with Crippen molar-refractivity contribution >= 4 is 43.2 Å². The van der Waals surface area contributed by atoms with Crippen LogP contribution in [0.25, 0.3) is 10.2 Å². The van der Waals surface area contributed by atoms with Gasteiger partial charge in [0.25, 0.3) is 10.0 Å². The number of hydrogen-bond acceptors (Lipinski definition) is 6. The SMILES string of the molecule is CCn1c(=O)sc2cc(NS(=O)(=O)c3cc(C(=O)OC)ccc3C)ccc21. The van der Waals surface area contributed by atoms with E-state index in [4.69, 9.17) is 0 Å². The topological polar surface area (TPSA) is 94.5 Å². The second-order valence-electron chi connectivity index (χ2n) is 5.87. The van der Waals surface area contributed by atoms with E-state index >= 15 is 0 Å². The smallest absolute Gasteiger partial charge is 0.337 e. The average molecular weight is 406 g/mol. The van der Waals surface area contributed by atoms with Gasteiger partial charge in [-0.3, -0.25) is 14.1 Å². The highest BCUT2D eigenvalue weighted by Crippen LogP contribution is 2.25. The van der Waals surface area contributed by atoms with Crippen LogP contribution in [-0.4, -0.2) is 26.1 Å².